The summed E-state index contributed by atoms with van der Waals surface area (Å²) in [4.78, 5) is 21.9. The molecule has 1 rings (SSSR count). The normalized spacial score (nSPS) is 12.4. The Labute approximate surface area is 86.7 Å². The first-order valence-electron chi connectivity index (χ1n) is 4.52. The van der Waals surface area contributed by atoms with Crippen LogP contribution in [0, 0.1) is 0 Å². The van der Waals surface area contributed by atoms with Crippen molar-refractivity contribution in [2.45, 2.75) is 18.9 Å². The third kappa shape index (κ3) is 3.17. The Morgan fingerprint density at radius 3 is 2.80 bits per heavy atom. The van der Waals surface area contributed by atoms with Gasteiger partial charge in [-0.15, -0.1) is 0 Å². The molecule has 0 aliphatic rings. The Bertz CT molecular complexity index is 372. The molecule has 0 aliphatic carbocycles. The fraction of sp³-hybridized carbons (Fsp3) is 0.444. The average Bonchev–Trinajstić information content (AvgIpc) is 2.60. The second-order valence-electron chi connectivity index (χ2n) is 3.28. The molecule has 3 N–H and O–H groups in total. The largest absolute Gasteiger partial charge is 0.480 e. The molecule has 0 radical (unpaired) electrons. The van der Waals surface area contributed by atoms with Crippen molar-refractivity contribution in [1.82, 2.24) is 9.78 Å². The van der Waals surface area contributed by atoms with E-state index in [2.05, 4.69) is 5.10 Å². The minimum absolute atomic E-state index is 0.102. The molecule has 0 aromatic carbocycles. The third-order valence-electron chi connectivity index (χ3n) is 2.00. The summed E-state index contributed by atoms with van der Waals surface area (Å²) in [6.07, 6.45) is 1.89. The van der Waals surface area contributed by atoms with Gasteiger partial charge < -0.3 is 10.8 Å². The summed E-state index contributed by atoms with van der Waals surface area (Å²) in [6.45, 7) is 0. The first-order chi connectivity index (χ1) is 7.00. The summed E-state index contributed by atoms with van der Waals surface area (Å²) in [7, 11) is 1.71. The van der Waals surface area contributed by atoms with Gasteiger partial charge in [-0.2, -0.15) is 5.10 Å². The highest BCUT2D eigenvalue weighted by atomic mass is 16.4. The van der Waals surface area contributed by atoms with Gasteiger partial charge in [0.15, 0.2) is 5.78 Å². The molecule has 0 saturated carbocycles. The van der Waals surface area contributed by atoms with Crippen molar-refractivity contribution in [3.8, 4) is 0 Å². The van der Waals surface area contributed by atoms with Gasteiger partial charge in [0.25, 0.3) is 0 Å². The zero-order valence-corrected chi connectivity index (χ0v) is 8.38. The van der Waals surface area contributed by atoms with Gasteiger partial charge in [-0.05, 0) is 12.5 Å². The van der Waals surface area contributed by atoms with E-state index >= 15 is 0 Å². The van der Waals surface area contributed by atoms with Crippen molar-refractivity contribution in [2.24, 2.45) is 12.8 Å². The highest BCUT2D eigenvalue weighted by molar-refractivity contribution is 5.94. The number of carboxylic acids is 1. The van der Waals surface area contributed by atoms with Crippen LogP contribution in [0.2, 0.25) is 0 Å². The van der Waals surface area contributed by atoms with Gasteiger partial charge in [-0.25, -0.2) is 0 Å². The van der Waals surface area contributed by atoms with Crippen LogP contribution in [0.25, 0.3) is 0 Å². The highest BCUT2D eigenvalue weighted by Crippen LogP contribution is 2.04. The molecule has 1 aromatic rings. The van der Waals surface area contributed by atoms with Crippen LogP contribution in [0.1, 0.15) is 23.3 Å². The monoisotopic (exact) mass is 211 g/mol. The number of nitrogens with two attached hydrogens (primary N) is 1. The number of aromatic nitrogens is 2. The number of carbonyl (C=O) groups is 2. The van der Waals surface area contributed by atoms with E-state index in [1.54, 1.807) is 19.3 Å². The van der Waals surface area contributed by atoms with E-state index in [-0.39, 0.29) is 18.6 Å². The Hall–Kier alpha value is -1.69. The molecular formula is C9H13N3O3. The molecule has 1 heterocycles. The smallest absolute Gasteiger partial charge is 0.320 e. The van der Waals surface area contributed by atoms with E-state index in [9.17, 15) is 9.59 Å². The lowest BCUT2D eigenvalue weighted by Gasteiger charge is -2.03. The number of nitrogens with zero attached hydrogens (tertiary/aromatic N) is 2. The van der Waals surface area contributed by atoms with Crippen LogP contribution in [-0.2, 0) is 11.8 Å². The summed E-state index contributed by atoms with van der Waals surface area (Å²) >= 11 is 0. The Kier molecular flexibility index (Phi) is 3.56. The maximum absolute atomic E-state index is 11.5. The number of ketones is 1. The number of rotatable bonds is 5. The maximum atomic E-state index is 11.5. The number of carbonyl (C=O) groups excluding carboxylic acids is 1. The summed E-state index contributed by atoms with van der Waals surface area (Å²) in [5.74, 6) is -1.28. The zero-order chi connectivity index (χ0) is 11.4. The van der Waals surface area contributed by atoms with Gasteiger partial charge in [-0.1, -0.05) is 0 Å². The van der Waals surface area contributed by atoms with Gasteiger partial charge in [0.05, 0.1) is 0 Å². The lowest BCUT2D eigenvalue weighted by molar-refractivity contribution is -0.138. The fourth-order valence-corrected chi connectivity index (χ4v) is 1.10. The maximum Gasteiger partial charge on any atom is 0.320 e. The van der Waals surface area contributed by atoms with E-state index in [1.165, 1.54) is 4.68 Å². The van der Waals surface area contributed by atoms with Crippen molar-refractivity contribution in [1.29, 1.82) is 0 Å². The van der Waals surface area contributed by atoms with Crippen molar-refractivity contribution >= 4 is 11.8 Å². The van der Waals surface area contributed by atoms with E-state index in [0.717, 1.165) is 0 Å². The van der Waals surface area contributed by atoms with E-state index in [4.69, 9.17) is 10.8 Å². The molecule has 15 heavy (non-hydrogen) atoms. The Morgan fingerprint density at radius 2 is 2.33 bits per heavy atom. The second-order valence-corrected chi connectivity index (χ2v) is 3.28. The lowest BCUT2D eigenvalue weighted by atomic mass is 10.1. The summed E-state index contributed by atoms with van der Waals surface area (Å²) in [6, 6.07) is 0.604. The summed E-state index contributed by atoms with van der Waals surface area (Å²) in [5.41, 5.74) is 5.61. The fourth-order valence-electron chi connectivity index (χ4n) is 1.10. The van der Waals surface area contributed by atoms with E-state index < -0.39 is 12.0 Å². The molecule has 1 aromatic heterocycles. The van der Waals surface area contributed by atoms with Crippen LogP contribution in [0.15, 0.2) is 12.3 Å². The molecule has 0 aliphatic heterocycles. The van der Waals surface area contributed by atoms with Gasteiger partial charge >= 0.3 is 5.97 Å². The van der Waals surface area contributed by atoms with Crippen molar-refractivity contribution < 1.29 is 14.7 Å². The molecule has 82 valence electrons. The number of aryl methyl sites for hydroxylation is 1. The van der Waals surface area contributed by atoms with Crippen molar-refractivity contribution in [3.63, 3.8) is 0 Å². The SMILES string of the molecule is Cn1ccc(C(=O)CC[C@@H](N)C(=O)O)n1. The van der Waals surface area contributed by atoms with Gasteiger partial charge in [0.2, 0.25) is 0 Å². The van der Waals surface area contributed by atoms with Crippen LogP contribution in [0.5, 0.6) is 0 Å². The average molecular weight is 211 g/mol. The second kappa shape index (κ2) is 4.70. The minimum Gasteiger partial charge on any atom is -0.480 e. The number of Topliss-reactive ketones (excluding diaryl/α,β-unsaturated/α-hetero) is 1. The van der Waals surface area contributed by atoms with Crippen LogP contribution in [0.3, 0.4) is 0 Å². The molecule has 0 saturated heterocycles. The van der Waals surface area contributed by atoms with Crippen LogP contribution in [-0.4, -0.2) is 32.7 Å². The highest BCUT2D eigenvalue weighted by Gasteiger charge is 2.15. The topological polar surface area (TPSA) is 98.2 Å². The summed E-state index contributed by atoms with van der Waals surface area (Å²) < 4.78 is 1.52. The Balaban J connectivity index is 2.47. The quantitative estimate of drug-likeness (QED) is 0.657. The number of carboxylic acid groups (broad SMARTS) is 1. The molecule has 6 heteroatoms. The van der Waals surface area contributed by atoms with Crippen LogP contribution >= 0.6 is 0 Å². The predicted octanol–water partition coefficient (Wildman–Crippen LogP) is -0.205. The van der Waals surface area contributed by atoms with Gasteiger partial charge in [0.1, 0.15) is 11.7 Å². The molecule has 0 bridgehead atoms. The number of aliphatic carboxylic acids is 1. The molecule has 6 nitrogen and oxygen atoms in total. The minimum atomic E-state index is -1.09. The Morgan fingerprint density at radius 1 is 1.67 bits per heavy atom. The van der Waals surface area contributed by atoms with Crippen molar-refractivity contribution in [2.75, 3.05) is 0 Å². The van der Waals surface area contributed by atoms with Crippen molar-refractivity contribution in [3.05, 3.63) is 18.0 Å². The summed E-state index contributed by atoms with van der Waals surface area (Å²) in [5, 5.41) is 12.4. The predicted molar refractivity (Wildman–Crippen MR) is 52.4 cm³/mol. The molecule has 0 spiro atoms. The first-order valence-corrected chi connectivity index (χ1v) is 4.52. The third-order valence-corrected chi connectivity index (χ3v) is 2.00. The van der Waals surface area contributed by atoms with E-state index in [0.29, 0.717) is 5.69 Å². The molecule has 0 fully saturated rings. The number of hydrogen-bond acceptors (Lipinski definition) is 4. The zero-order valence-electron chi connectivity index (χ0n) is 8.38. The van der Waals surface area contributed by atoms with E-state index in [1.807, 2.05) is 0 Å². The molecular weight excluding hydrogens is 198 g/mol. The molecule has 0 unspecified atom stereocenters. The van der Waals surface area contributed by atoms with Gasteiger partial charge in [-0.3, -0.25) is 14.3 Å². The van der Waals surface area contributed by atoms with Gasteiger partial charge in [0, 0.05) is 19.7 Å². The van der Waals surface area contributed by atoms with Crippen LogP contribution in [0.4, 0.5) is 0 Å². The lowest BCUT2D eigenvalue weighted by Crippen LogP contribution is -2.30. The molecule has 0 amide bonds. The number of hydrogen-bond donors (Lipinski definition) is 2. The molecule has 1 atom stereocenters. The first kappa shape index (κ1) is 11.4. The standard InChI is InChI=1S/C9H13N3O3/c1-12-5-4-7(11-12)8(13)3-2-6(10)9(14)15/h4-6H,2-3,10H2,1H3,(H,14,15)/t6-/m1/s1. The van der Waals surface area contributed by atoms with Crippen LogP contribution < -0.4 is 5.73 Å².